The van der Waals surface area contributed by atoms with Crippen LogP contribution < -0.4 is 4.74 Å². The molecule has 3 rings (SSSR count). The Bertz CT molecular complexity index is 839. The molecule has 0 saturated carbocycles. The first kappa shape index (κ1) is 15.4. The van der Waals surface area contributed by atoms with Gasteiger partial charge >= 0.3 is 0 Å². The summed E-state index contributed by atoms with van der Waals surface area (Å²) in [6, 6.07) is 7.92. The Hall–Kier alpha value is -2.47. The molecule has 0 fully saturated rings. The Kier molecular flexibility index (Phi) is 4.00. The van der Waals surface area contributed by atoms with Crippen molar-refractivity contribution in [2.75, 3.05) is 7.11 Å². The number of halogens is 4. The van der Waals surface area contributed by atoms with E-state index in [0.717, 1.165) is 0 Å². The predicted octanol–water partition coefficient (Wildman–Crippen LogP) is 4.62. The van der Waals surface area contributed by atoms with E-state index in [4.69, 9.17) is 16.3 Å². The lowest BCUT2D eigenvalue weighted by Crippen LogP contribution is -2.00. The molecule has 0 bridgehead atoms. The zero-order valence-corrected chi connectivity index (χ0v) is 12.6. The lowest BCUT2D eigenvalue weighted by Gasteiger charge is -2.11. The second-order valence-electron chi connectivity index (χ2n) is 4.70. The van der Waals surface area contributed by atoms with Gasteiger partial charge < -0.3 is 4.74 Å². The van der Waals surface area contributed by atoms with Gasteiger partial charge in [0.15, 0.2) is 5.15 Å². The molecule has 0 spiro atoms. The van der Waals surface area contributed by atoms with Crippen molar-refractivity contribution in [3.63, 3.8) is 0 Å². The molecule has 0 saturated heterocycles. The summed E-state index contributed by atoms with van der Waals surface area (Å²) in [7, 11) is 1.53. The van der Waals surface area contributed by atoms with Crippen molar-refractivity contribution in [2.24, 2.45) is 0 Å². The number of benzene rings is 2. The van der Waals surface area contributed by atoms with Gasteiger partial charge in [-0.25, -0.2) is 18.2 Å². The molecule has 2 aromatic carbocycles. The summed E-state index contributed by atoms with van der Waals surface area (Å²) in [5.41, 5.74) is 0.139. The summed E-state index contributed by atoms with van der Waals surface area (Å²) in [5, 5.41) is -0.0924. The maximum Gasteiger partial charge on any atom is 0.155 e. The van der Waals surface area contributed by atoms with Crippen LogP contribution in [-0.2, 0) is 0 Å². The van der Waals surface area contributed by atoms with Gasteiger partial charge in [-0.15, -0.1) is 0 Å². The second-order valence-corrected chi connectivity index (χ2v) is 5.05. The van der Waals surface area contributed by atoms with Crippen molar-refractivity contribution in [3.8, 4) is 22.7 Å². The standard InChI is InChI=1S/C16H10ClF3N2O/c1-23-11-4-2-10(3-5-11)22-8-21-16(17)15(22)14-12(19)6-9(18)7-13(14)20/h2-8H,1H3. The molecule has 3 nitrogen and oxygen atoms in total. The fraction of sp³-hybridized carbons (Fsp3) is 0.0625. The van der Waals surface area contributed by atoms with E-state index in [0.29, 0.717) is 23.6 Å². The van der Waals surface area contributed by atoms with E-state index in [-0.39, 0.29) is 10.8 Å². The number of rotatable bonds is 3. The van der Waals surface area contributed by atoms with Crippen molar-refractivity contribution in [3.05, 3.63) is 65.3 Å². The molecule has 0 atom stereocenters. The average Bonchev–Trinajstić information content (AvgIpc) is 2.88. The van der Waals surface area contributed by atoms with Crippen molar-refractivity contribution in [2.45, 2.75) is 0 Å². The molecular weight excluding hydrogens is 329 g/mol. The molecule has 0 aliphatic heterocycles. The van der Waals surface area contributed by atoms with Gasteiger partial charge in [-0.05, 0) is 24.3 Å². The molecule has 7 heteroatoms. The molecule has 3 aromatic rings. The fourth-order valence-electron chi connectivity index (χ4n) is 2.26. The third-order valence-corrected chi connectivity index (χ3v) is 3.59. The molecule has 23 heavy (non-hydrogen) atoms. The topological polar surface area (TPSA) is 27.1 Å². The van der Waals surface area contributed by atoms with Crippen LogP contribution in [0.1, 0.15) is 0 Å². The molecule has 0 N–H and O–H groups in total. The smallest absolute Gasteiger partial charge is 0.155 e. The second kappa shape index (κ2) is 5.96. The van der Waals surface area contributed by atoms with Crippen LogP contribution in [0.25, 0.3) is 16.9 Å². The predicted molar refractivity (Wildman–Crippen MR) is 80.4 cm³/mol. The van der Waals surface area contributed by atoms with E-state index < -0.39 is 23.0 Å². The van der Waals surface area contributed by atoms with Gasteiger partial charge in [0, 0.05) is 17.8 Å². The van der Waals surface area contributed by atoms with E-state index in [1.54, 1.807) is 24.3 Å². The summed E-state index contributed by atoms with van der Waals surface area (Å²) in [5.74, 6) is -2.49. The summed E-state index contributed by atoms with van der Waals surface area (Å²) < 4.78 is 47.7. The molecule has 0 amide bonds. The summed E-state index contributed by atoms with van der Waals surface area (Å²) >= 11 is 5.99. The fourth-order valence-corrected chi connectivity index (χ4v) is 2.49. The van der Waals surface area contributed by atoms with Gasteiger partial charge in [-0.1, -0.05) is 11.6 Å². The SMILES string of the molecule is COc1ccc(-n2cnc(Cl)c2-c2c(F)cc(F)cc2F)cc1. The first-order chi connectivity index (χ1) is 11.0. The zero-order valence-electron chi connectivity index (χ0n) is 11.9. The number of methoxy groups -OCH3 is 1. The molecule has 0 radical (unpaired) electrons. The van der Waals surface area contributed by atoms with Crippen LogP contribution in [0.2, 0.25) is 5.15 Å². The monoisotopic (exact) mass is 338 g/mol. The van der Waals surface area contributed by atoms with Crippen LogP contribution in [-0.4, -0.2) is 16.7 Å². The third kappa shape index (κ3) is 2.77. The lowest BCUT2D eigenvalue weighted by atomic mass is 10.1. The molecule has 0 aliphatic rings. The van der Waals surface area contributed by atoms with Crippen molar-refractivity contribution in [1.82, 2.24) is 9.55 Å². The maximum atomic E-state index is 14.1. The average molecular weight is 339 g/mol. The van der Waals surface area contributed by atoms with Crippen LogP contribution in [0.4, 0.5) is 13.2 Å². The number of nitrogens with zero attached hydrogens (tertiary/aromatic N) is 2. The van der Waals surface area contributed by atoms with Crippen molar-refractivity contribution >= 4 is 11.6 Å². The first-order valence-corrected chi connectivity index (χ1v) is 6.91. The molecule has 1 aromatic heterocycles. The maximum absolute atomic E-state index is 14.1. The number of hydrogen-bond donors (Lipinski definition) is 0. The normalized spacial score (nSPS) is 10.8. The Morgan fingerprint density at radius 3 is 2.22 bits per heavy atom. The van der Waals surface area contributed by atoms with Crippen LogP contribution in [0, 0.1) is 17.5 Å². The molecule has 0 aliphatic carbocycles. The van der Waals surface area contributed by atoms with Crippen LogP contribution in [0.5, 0.6) is 5.75 Å². The number of imidazole rings is 1. The van der Waals surface area contributed by atoms with E-state index in [9.17, 15) is 13.2 Å². The zero-order chi connectivity index (χ0) is 16.6. The van der Waals surface area contributed by atoms with Gasteiger partial charge in [0.2, 0.25) is 0 Å². The molecule has 118 valence electrons. The van der Waals surface area contributed by atoms with Crippen molar-refractivity contribution in [1.29, 1.82) is 0 Å². The van der Waals surface area contributed by atoms with E-state index in [1.807, 2.05) is 0 Å². The van der Waals surface area contributed by atoms with E-state index in [1.165, 1.54) is 18.0 Å². The Labute approximate surface area is 134 Å². The number of aromatic nitrogens is 2. The molecule has 0 unspecified atom stereocenters. The van der Waals surface area contributed by atoms with Crippen LogP contribution >= 0.6 is 11.6 Å². The number of hydrogen-bond acceptors (Lipinski definition) is 2. The van der Waals surface area contributed by atoms with E-state index in [2.05, 4.69) is 4.98 Å². The number of ether oxygens (including phenoxy) is 1. The third-order valence-electron chi connectivity index (χ3n) is 3.32. The molecule has 1 heterocycles. The largest absolute Gasteiger partial charge is 0.497 e. The molecular formula is C16H10ClF3N2O. The van der Waals surface area contributed by atoms with Gasteiger partial charge in [0.1, 0.15) is 29.5 Å². The first-order valence-electron chi connectivity index (χ1n) is 6.53. The quantitative estimate of drug-likeness (QED) is 0.697. The van der Waals surface area contributed by atoms with Gasteiger partial charge in [-0.2, -0.15) is 0 Å². The summed E-state index contributed by atoms with van der Waals surface area (Å²) in [6.07, 6.45) is 1.34. The lowest BCUT2D eigenvalue weighted by molar-refractivity contribution is 0.414. The van der Waals surface area contributed by atoms with E-state index >= 15 is 0 Å². The minimum atomic E-state index is -1.06. The summed E-state index contributed by atoms with van der Waals surface area (Å²) in [6.45, 7) is 0. The highest BCUT2D eigenvalue weighted by atomic mass is 35.5. The Balaban J connectivity index is 2.20. The minimum Gasteiger partial charge on any atom is -0.497 e. The van der Waals surface area contributed by atoms with Crippen LogP contribution in [0.3, 0.4) is 0 Å². The minimum absolute atomic E-state index is 0.00633. The Morgan fingerprint density at radius 2 is 1.65 bits per heavy atom. The highest BCUT2D eigenvalue weighted by Crippen LogP contribution is 2.34. The van der Waals surface area contributed by atoms with Gasteiger partial charge in [0.25, 0.3) is 0 Å². The highest BCUT2D eigenvalue weighted by molar-refractivity contribution is 6.32. The van der Waals surface area contributed by atoms with Gasteiger partial charge in [-0.3, -0.25) is 4.57 Å². The van der Waals surface area contributed by atoms with Crippen molar-refractivity contribution < 1.29 is 17.9 Å². The van der Waals surface area contributed by atoms with Gasteiger partial charge in [0.05, 0.1) is 18.4 Å². The Morgan fingerprint density at radius 1 is 1.04 bits per heavy atom. The van der Waals surface area contributed by atoms with Crippen LogP contribution in [0.15, 0.2) is 42.7 Å². The highest BCUT2D eigenvalue weighted by Gasteiger charge is 2.21. The summed E-state index contributed by atoms with van der Waals surface area (Å²) in [4.78, 5) is 3.89.